The Morgan fingerprint density at radius 3 is 2.75 bits per heavy atom. The van der Waals surface area contributed by atoms with Gasteiger partial charge in [0.15, 0.2) is 0 Å². The number of nitrogens with zero attached hydrogens (tertiary/aromatic N) is 2. The summed E-state index contributed by atoms with van der Waals surface area (Å²) in [6.45, 7) is 3.99. The quantitative estimate of drug-likeness (QED) is 0.763. The number of likely N-dealkylation sites (tertiary alicyclic amines) is 1. The maximum Gasteiger partial charge on any atom is 0.272 e. The minimum atomic E-state index is 0.0788. The van der Waals surface area contributed by atoms with Crippen molar-refractivity contribution in [1.29, 1.82) is 0 Å². The van der Waals surface area contributed by atoms with E-state index in [1.165, 1.54) is 6.42 Å². The Hall–Kier alpha value is -1.38. The number of hydrogen-bond donors (Lipinski definition) is 0. The van der Waals surface area contributed by atoms with E-state index in [1.807, 2.05) is 17.0 Å². The van der Waals surface area contributed by atoms with Crippen LogP contribution in [0.3, 0.4) is 0 Å². The molecule has 16 heavy (non-hydrogen) atoms. The van der Waals surface area contributed by atoms with Crippen LogP contribution in [0.4, 0.5) is 0 Å². The molecule has 86 valence electrons. The molecule has 1 aliphatic heterocycles. The Morgan fingerprint density at radius 2 is 2.19 bits per heavy atom. The Morgan fingerprint density at radius 1 is 1.44 bits per heavy atom. The zero-order chi connectivity index (χ0) is 11.4. The van der Waals surface area contributed by atoms with Crippen molar-refractivity contribution in [2.45, 2.75) is 26.2 Å². The summed E-state index contributed by atoms with van der Waals surface area (Å²) in [6.07, 6.45) is 5.17. The summed E-state index contributed by atoms with van der Waals surface area (Å²) in [7, 11) is 0. The maximum absolute atomic E-state index is 12.1. The molecule has 0 atom stereocenters. The SMILES string of the molecule is CCC1CCN(C(=O)c2ccccn2)CC1. The van der Waals surface area contributed by atoms with Gasteiger partial charge in [-0.25, -0.2) is 0 Å². The molecule has 2 rings (SSSR count). The van der Waals surface area contributed by atoms with Gasteiger partial charge in [0, 0.05) is 19.3 Å². The van der Waals surface area contributed by atoms with Gasteiger partial charge in [0.25, 0.3) is 5.91 Å². The predicted octanol–water partition coefficient (Wildman–Crippen LogP) is 2.34. The van der Waals surface area contributed by atoms with Crippen LogP contribution in [0.5, 0.6) is 0 Å². The van der Waals surface area contributed by atoms with Crippen molar-refractivity contribution in [3.05, 3.63) is 30.1 Å². The topological polar surface area (TPSA) is 33.2 Å². The number of piperidine rings is 1. The first kappa shape index (κ1) is 11.1. The monoisotopic (exact) mass is 218 g/mol. The van der Waals surface area contributed by atoms with Gasteiger partial charge >= 0.3 is 0 Å². The van der Waals surface area contributed by atoms with Gasteiger partial charge in [-0.05, 0) is 30.9 Å². The number of carbonyl (C=O) groups excluding carboxylic acids is 1. The summed E-state index contributed by atoms with van der Waals surface area (Å²) in [4.78, 5) is 18.1. The summed E-state index contributed by atoms with van der Waals surface area (Å²) in [5.41, 5.74) is 0.567. The Kier molecular flexibility index (Phi) is 3.54. The minimum absolute atomic E-state index is 0.0788. The van der Waals surface area contributed by atoms with Crippen molar-refractivity contribution >= 4 is 5.91 Å². The Balaban J connectivity index is 1.97. The van der Waals surface area contributed by atoms with Gasteiger partial charge in [-0.3, -0.25) is 9.78 Å². The van der Waals surface area contributed by atoms with E-state index in [2.05, 4.69) is 11.9 Å². The number of pyridine rings is 1. The third-order valence-electron chi connectivity index (χ3n) is 3.36. The van der Waals surface area contributed by atoms with Crippen molar-refractivity contribution in [3.8, 4) is 0 Å². The highest BCUT2D eigenvalue weighted by atomic mass is 16.2. The summed E-state index contributed by atoms with van der Waals surface area (Å²) in [5.74, 6) is 0.878. The minimum Gasteiger partial charge on any atom is -0.337 e. The molecule has 0 aliphatic carbocycles. The first-order chi connectivity index (χ1) is 7.81. The molecule has 0 spiro atoms. The first-order valence-electron chi connectivity index (χ1n) is 6.01. The van der Waals surface area contributed by atoms with E-state index in [4.69, 9.17) is 0 Å². The molecular formula is C13H18N2O. The molecule has 0 radical (unpaired) electrons. The van der Waals surface area contributed by atoms with Crippen LogP contribution in [0.2, 0.25) is 0 Å². The molecule has 1 amide bonds. The number of aromatic nitrogens is 1. The fourth-order valence-corrected chi connectivity index (χ4v) is 2.20. The van der Waals surface area contributed by atoms with E-state index in [0.717, 1.165) is 31.8 Å². The lowest BCUT2D eigenvalue weighted by Crippen LogP contribution is -2.38. The molecule has 2 heterocycles. The van der Waals surface area contributed by atoms with Crippen molar-refractivity contribution in [1.82, 2.24) is 9.88 Å². The molecule has 0 unspecified atom stereocenters. The Labute approximate surface area is 96.5 Å². The second-order valence-corrected chi connectivity index (χ2v) is 4.36. The van der Waals surface area contributed by atoms with Crippen LogP contribution < -0.4 is 0 Å². The fourth-order valence-electron chi connectivity index (χ4n) is 2.20. The van der Waals surface area contributed by atoms with Crippen LogP contribution in [0.25, 0.3) is 0 Å². The standard InChI is InChI=1S/C13H18N2O/c1-2-11-6-9-15(10-7-11)13(16)12-5-3-4-8-14-12/h3-5,8,11H,2,6-7,9-10H2,1H3. The Bertz CT molecular complexity index is 342. The van der Waals surface area contributed by atoms with E-state index in [0.29, 0.717) is 5.69 Å². The summed E-state index contributed by atoms with van der Waals surface area (Å²) >= 11 is 0. The summed E-state index contributed by atoms with van der Waals surface area (Å²) < 4.78 is 0. The number of rotatable bonds is 2. The second-order valence-electron chi connectivity index (χ2n) is 4.36. The number of carbonyl (C=O) groups is 1. The van der Waals surface area contributed by atoms with E-state index >= 15 is 0 Å². The summed E-state index contributed by atoms with van der Waals surface area (Å²) in [6, 6.07) is 5.48. The lowest BCUT2D eigenvalue weighted by Gasteiger charge is -2.31. The van der Waals surface area contributed by atoms with Crippen molar-refractivity contribution < 1.29 is 4.79 Å². The highest BCUT2D eigenvalue weighted by Gasteiger charge is 2.22. The largest absolute Gasteiger partial charge is 0.337 e. The van der Waals surface area contributed by atoms with E-state index in [1.54, 1.807) is 12.3 Å². The fraction of sp³-hybridized carbons (Fsp3) is 0.538. The number of hydrogen-bond acceptors (Lipinski definition) is 2. The first-order valence-corrected chi connectivity index (χ1v) is 6.01. The van der Waals surface area contributed by atoms with Crippen LogP contribution in [-0.2, 0) is 0 Å². The van der Waals surface area contributed by atoms with Crippen LogP contribution in [0.15, 0.2) is 24.4 Å². The average Bonchev–Trinajstić information content (AvgIpc) is 2.39. The lowest BCUT2D eigenvalue weighted by molar-refractivity contribution is 0.0683. The molecule has 0 aromatic carbocycles. The third kappa shape index (κ3) is 2.40. The van der Waals surface area contributed by atoms with Crippen molar-refractivity contribution in [2.75, 3.05) is 13.1 Å². The molecule has 0 N–H and O–H groups in total. The maximum atomic E-state index is 12.1. The van der Waals surface area contributed by atoms with E-state index in [9.17, 15) is 4.79 Å². The molecule has 1 fully saturated rings. The van der Waals surface area contributed by atoms with Gasteiger partial charge in [-0.1, -0.05) is 19.4 Å². The molecule has 0 saturated carbocycles. The van der Waals surface area contributed by atoms with Crippen LogP contribution in [0.1, 0.15) is 36.7 Å². The molecule has 1 aromatic rings. The van der Waals surface area contributed by atoms with Crippen LogP contribution in [0, 0.1) is 5.92 Å². The predicted molar refractivity (Wildman–Crippen MR) is 63.2 cm³/mol. The van der Waals surface area contributed by atoms with Gasteiger partial charge < -0.3 is 4.90 Å². The molecule has 3 nitrogen and oxygen atoms in total. The molecular weight excluding hydrogens is 200 g/mol. The third-order valence-corrected chi connectivity index (χ3v) is 3.36. The molecule has 1 aliphatic rings. The zero-order valence-corrected chi connectivity index (χ0v) is 9.72. The second kappa shape index (κ2) is 5.10. The van der Waals surface area contributed by atoms with Crippen molar-refractivity contribution in [2.24, 2.45) is 5.92 Å². The lowest BCUT2D eigenvalue weighted by atomic mass is 9.94. The molecule has 1 aromatic heterocycles. The van der Waals surface area contributed by atoms with Gasteiger partial charge in [0.1, 0.15) is 5.69 Å². The van der Waals surface area contributed by atoms with E-state index in [-0.39, 0.29) is 5.91 Å². The zero-order valence-electron chi connectivity index (χ0n) is 9.72. The van der Waals surface area contributed by atoms with Gasteiger partial charge in [-0.2, -0.15) is 0 Å². The highest BCUT2D eigenvalue weighted by molar-refractivity contribution is 5.92. The van der Waals surface area contributed by atoms with E-state index < -0.39 is 0 Å². The molecule has 0 bridgehead atoms. The van der Waals surface area contributed by atoms with Crippen LogP contribution >= 0.6 is 0 Å². The summed E-state index contributed by atoms with van der Waals surface area (Å²) in [5, 5.41) is 0. The van der Waals surface area contributed by atoms with Crippen molar-refractivity contribution in [3.63, 3.8) is 0 Å². The highest BCUT2D eigenvalue weighted by Crippen LogP contribution is 2.20. The smallest absolute Gasteiger partial charge is 0.272 e. The van der Waals surface area contributed by atoms with Gasteiger partial charge in [0.05, 0.1) is 0 Å². The molecule has 1 saturated heterocycles. The average molecular weight is 218 g/mol. The molecule has 3 heteroatoms. The van der Waals surface area contributed by atoms with Gasteiger partial charge in [-0.15, -0.1) is 0 Å². The normalized spacial score (nSPS) is 17.4. The number of amides is 1. The van der Waals surface area contributed by atoms with Gasteiger partial charge in [0.2, 0.25) is 0 Å². The van der Waals surface area contributed by atoms with Crippen LogP contribution in [-0.4, -0.2) is 28.9 Å².